The van der Waals surface area contributed by atoms with Gasteiger partial charge in [0.05, 0.1) is 12.3 Å². The second-order valence-electron chi connectivity index (χ2n) is 8.12. The summed E-state index contributed by atoms with van der Waals surface area (Å²) in [5.74, 6) is 0.865. The molecule has 2 fully saturated rings. The lowest BCUT2D eigenvalue weighted by Gasteiger charge is -2.30. The average molecular weight is 387 g/mol. The lowest BCUT2D eigenvalue weighted by Crippen LogP contribution is -2.48. The Morgan fingerprint density at radius 3 is 2.82 bits per heavy atom. The number of rotatable bonds is 10. The van der Waals surface area contributed by atoms with Gasteiger partial charge in [-0.1, -0.05) is 18.5 Å². The molecule has 1 amide bonds. The predicted octanol–water partition coefficient (Wildman–Crippen LogP) is 4.07. The summed E-state index contributed by atoms with van der Waals surface area (Å²) in [6.45, 7) is 6.67. The summed E-state index contributed by atoms with van der Waals surface area (Å²) in [4.78, 5) is 22.8. The molecule has 1 aromatic heterocycles. The number of aromatic nitrogens is 1. The fourth-order valence-corrected chi connectivity index (χ4v) is 3.64. The monoisotopic (exact) mass is 386 g/mol. The van der Waals surface area contributed by atoms with E-state index in [0.29, 0.717) is 30.5 Å². The lowest BCUT2D eigenvalue weighted by molar-refractivity contribution is 0.0898. The zero-order chi connectivity index (χ0) is 20.0. The molecule has 1 aromatic rings. The Balaban J connectivity index is 1.83. The number of carbonyl (C=O) groups excluding carboxylic acids is 1. The molecule has 8 heteroatoms. The van der Waals surface area contributed by atoms with Crippen LogP contribution >= 0.6 is 0 Å². The van der Waals surface area contributed by atoms with Crippen LogP contribution in [-0.2, 0) is 0 Å². The van der Waals surface area contributed by atoms with Crippen LogP contribution in [0.25, 0.3) is 10.4 Å². The highest BCUT2D eigenvalue weighted by molar-refractivity contribution is 5.98. The van der Waals surface area contributed by atoms with E-state index in [1.54, 1.807) is 0 Å². The van der Waals surface area contributed by atoms with E-state index in [1.165, 1.54) is 12.8 Å². The molecule has 3 rings (SSSR count). The van der Waals surface area contributed by atoms with E-state index in [-0.39, 0.29) is 12.5 Å². The Kier molecular flexibility index (Phi) is 6.62. The second kappa shape index (κ2) is 9.15. The van der Waals surface area contributed by atoms with Crippen LogP contribution in [0, 0.1) is 5.92 Å². The van der Waals surface area contributed by atoms with Gasteiger partial charge in [-0.05, 0) is 56.5 Å². The van der Waals surface area contributed by atoms with Gasteiger partial charge < -0.3 is 15.0 Å². The largest absolute Gasteiger partial charge is 0.477 e. The van der Waals surface area contributed by atoms with Crippen LogP contribution in [0.3, 0.4) is 0 Å². The topological polar surface area (TPSA) is 103 Å². The zero-order valence-corrected chi connectivity index (χ0v) is 16.9. The maximum Gasteiger partial charge on any atom is 0.272 e. The van der Waals surface area contributed by atoms with Gasteiger partial charge in [-0.15, -0.1) is 0 Å². The van der Waals surface area contributed by atoms with Crippen LogP contribution in [0.2, 0.25) is 0 Å². The molecule has 1 aliphatic carbocycles. The number of ether oxygens (including phenoxy) is 1. The van der Waals surface area contributed by atoms with Crippen molar-refractivity contribution in [2.24, 2.45) is 11.0 Å². The molecule has 0 unspecified atom stereocenters. The lowest BCUT2D eigenvalue weighted by atomic mass is 9.96. The third kappa shape index (κ3) is 5.29. The van der Waals surface area contributed by atoms with Gasteiger partial charge in [0.25, 0.3) is 5.91 Å². The normalized spacial score (nSPS) is 18.3. The van der Waals surface area contributed by atoms with E-state index >= 15 is 0 Å². The molecule has 1 atom stereocenters. The molecule has 8 nitrogen and oxygen atoms in total. The van der Waals surface area contributed by atoms with Gasteiger partial charge in [-0.2, -0.15) is 0 Å². The number of anilines is 1. The van der Waals surface area contributed by atoms with Crippen molar-refractivity contribution >= 4 is 11.6 Å². The standard InChI is InChI=1S/C20H30N6O2/c1-3-10-20(2,14-22-25-21)24-19(27)18-16(26-11-4-5-12-26)8-9-17(23-18)28-13-15-6-7-15/h8-9,15H,3-7,10-14H2,1-2H3,(H,24,27)/t20-/m0/s1. The van der Waals surface area contributed by atoms with Crippen molar-refractivity contribution in [1.29, 1.82) is 0 Å². The maximum atomic E-state index is 13.2. The molecule has 0 bridgehead atoms. The first kappa shape index (κ1) is 20.3. The molecule has 2 heterocycles. The molecule has 1 saturated heterocycles. The van der Waals surface area contributed by atoms with Crippen molar-refractivity contribution in [1.82, 2.24) is 10.3 Å². The highest BCUT2D eigenvalue weighted by Crippen LogP contribution is 2.31. The van der Waals surface area contributed by atoms with Crippen LogP contribution in [0.4, 0.5) is 5.69 Å². The number of pyridine rings is 1. The van der Waals surface area contributed by atoms with E-state index in [4.69, 9.17) is 10.3 Å². The first-order valence-corrected chi connectivity index (χ1v) is 10.3. The van der Waals surface area contributed by atoms with E-state index < -0.39 is 5.54 Å². The molecule has 1 aliphatic heterocycles. The quantitative estimate of drug-likeness (QED) is 0.372. The van der Waals surface area contributed by atoms with Crippen molar-refractivity contribution in [3.8, 4) is 5.88 Å². The molecule has 1 saturated carbocycles. The minimum atomic E-state index is -0.604. The van der Waals surface area contributed by atoms with E-state index in [9.17, 15) is 4.79 Å². The first-order chi connectivity index (χ1) is 13.5. The zero-order valence-electron chi connectivity index (χ0n) is 16.9. The minimum absolute atomic E-state index is 0.208. The van der Waals surface area contributed by atoms with Gasteiger partial charge in [-0.3, -0.25) is 4.79 Å². The summed E-state index contributed by atoms with van der Waals surface area (Å²) in [6, 6.07) is 3.80. The highest BCUT2D eigenvalue weighted by Gasteiger charge is 2.29. The summed E-state index contributed by atoms with van der Waals surface area (Å²) in [6.07, 6.45) is 6.22. The number of carbonyl (C=O) groups is 1. The fraction of sp³-hybridized carbons (Fsp3) is 0.700. The van der Waals surface area contributed by atoms with Gasteiger partial charge >= 0.3 is 0 Å². The second-order valence-corrected chi connectivity index (χ2v) is 8.12. The molecular weight excluding hydrogens is 356 g/mol. The molecule has 2 aliphatic rings. The Morgan fingerprint density at radius 1 is 1.43 bits per heavy atom. The Hall–Kier alpha value is -2.47. The van der Waals surface area contributed by atoms with Crippen LogP contribution < -0.4 is 15.0 Å². The SMILES string of the molecule is CCC[C@@](C)(CN=[N+]=[N-])NC(=O)c1nc(OCC2CC2)ccc1N1CCCC1. The summed E-state index contributed by atoms with van der Waals surface area (Å²) in [5, 5.41) is 6.76. The van der Waals surface area contributed by atoms with Gasteiger partial charge in [-0.25, -0.2) is 4.98 Å². The van der Waals surface area contributed by atoms with Gasteiger partial charge in [0, 0.05) is 36.2 Å². The third-order valence-electron chi connectivity index (χ3n) is 5.37. The molecule has 0 aromatic carbocycles. The smallest absolute Gasteiger partial charge is 0.272 e. The van der Waals surface area contributed by atoms with Crippen molar-refractivity contribution in [3.05, 3.63) is 28.3 Å². The molecule has 28 heavy (non-hydrogen) atoms. The summed E-state index contributed by atoms with van der Waals surface area (Å²) in [5.41, 5.74) is 9.32. The van der Waals surface area contributed by atoms with Crippen molar-refractivity contribution < 1.29 is 9.53 Å². The van der Waals surface area contributed by atoms with E-state index in [0.717, 1.165) is 38.0 Å². The van der Waals surface area contributed by atoms with Crippen LogP contribution in [0.5, 0.6) is 5.88 Å². The number of nitrogens with one attached hydrogen (secondary N) is 1. The number of azide groups is 1. The summed E-state index contributed by atoms with van der Waals surface area (Å²) in [7, 11) is 0. The van der Waals surface area contributed by atoms with Crippen LogP contribution in [0.15, 0.2) is 17.2 Å². The summed E-state index contributed by atoms with van der Waals surface area (Å²) >= 11 is 0. The molecule has 152 valence electrons. The molecule has 0 radical (unpaired) electrons. The molecule has 0 spiro atoms. The average Bonchev–Trinajstić information content (AvgIpc) is 3.36. The number of amides is 1. The van der Waals surface area contributed by atoms with E-state index in [2.05, 4.69) is 25.2 Å². The van der Waals surface area contributed by atoms with Gasteiger partial charge in [0.15, 0.2) is 5.69 Å². The van der Waals surface area contributed by atoms with Crippen LogP contribution in [-0.4, -0.2) is 42.7 Å². The minimum Gasteiger partial charge on any atom is -0.477 e. The first-order valence-electron chi connectivity index (χ1n) is 10.3. The Labute approximate surface area is 166 Å². The number of nitrogens with zero attached hydrogens (tertiary/aromatic N) is 5. The maximum absolute atomic E-state index is 13.2. The third-order valence-corrected chi connectivity index (χ3v) is 5.37. The van der Waals surface area contributed by atoms with Crippen molar-refractivity contribution in [2.75, 3.05) is 31.1 Å². The highest BCUT2D eigenvalue weighted by atomic mass is 16.5. The van der Waals surface area contributed by atoms with E-state index in [1.807, 2.05) is 26.0 Å². The predicted molar refractivity (Wildman–Crippen MR) is 109 cm³/mol. The summed E-state index contributed by atoms with van der Waals surface area (Å²) < 4.78 is 5.80. The van der Waals surface area contributed by atoms with Crippen LogP contribution in [0.1, 0.15) is 62.9 Å². The van der Waals surface area contributed by atoms with Gasteiger partial charge in [0.2, 0.25) is 5.88 Å². The van der Waals surface area contributed by atoms with Crippen molar-refractivity contribution in [3.63, 3.8) is 0 Å². The fourth-order valence-electron chi connectivity index (χ4n) is 3.64. The Morgan fingerprint density at radius 2 is 2.18 bits per heavy atom. The molecular formula is C20H30N6O2. The number of hydrogen-bond donors (Lipinski definition) is 1. The Bertz CT molecular complexity index is 738. The number of hydrogen-bond acceptors (Lipinski definition) is 5. The van der Waals surface area contributed by atoms with Crippen molar-refractivity contribution in [2.45, 2.75) is 57.9 Å². The van der Waals surface area contributed by atoms with Gasteiger partial charge in [0.1, 0.15) is 0 Å². The molecule has 1 N–H and O–H groups in total.